The van der Waals surface area contributed by atoms with Gasteiger partial charge >= 0.3 is 0 Å². The predicted molar refractivity (Wildman–Crippen MR) is 64.2 cm³/mol. The van der Waals surface area contributed by atoms with E-state index in [0.717, 1.165) is 0 Å². The smallest absolute Gasteiger partial charge is 0.271 e. The van der Waals surface area contributed by atoms with E-state index in [4.69, 9.17) is 10.2 Å². The number of nitro groups is 1. The van der Waals surface area contributed by atoms with Crippen molar-refractivity contribution >= 4 is 17.1 Å². The second kappa shape index (κ2) is 6.66. The Balaban J connectivity index is 2.90. The van der Waals surface area contributed by atoms with Crippen LogP contribution in [0.4, 0.5) is 17.1 Å². The number of anilines is 2. The summed E-state index contributed by atoms with van der Waals surface area (Å²) in [7, 11) is 0. The van der Waals surface area contributed by atoms with Gasteiger partial charge in [0.1, 0.15) is 0 Å². The minimum atomic E-state index is -0.486. The molecule has 0 radical (unpaired) electrons. The standard InChI is InChI=1S/C10H15N3O4/c14-5-3-11-9-2-1-8(13(16)17)7-10(9)12-4-6-15/h1-2,7,11-12,14-15H,3-6H2. The zero-order valence-electron chi connectivity index (χ0n) is 9.22. The summed E-state index contributed by atoms with van der Waals surface area (Å²) in [6.07, 6.45) is 0. The summed E-state index contributed by atoms with van der Waals surface area (Å²) in [5.74, 6) is 0. The number of hydrogen-bond acceptors (Lipinski definition) is 6. The van der Waals surface area contributed by atoms with Gasteiger partial charge < -0.3 is 20.8 Å². The second-order valence-electron chi connectivity index (χ2n) is 3.29. The van der Waals surface area contributed by atoms with Crippen LogP contribution in [0.25, 0.3) is 0 Å². The third-order valence-electron chi connectivity index (χ3n) is 2.07. The summed E-state index contributed by atoms with van der Waals surface area (Å²) in [5.41, 5.74) is 1.15. The monoisotopic (exact) mass is 241 g/mol. The molecule has 0 bridgehead atoms. The van der Waals surface area contributed by atoms with Gasteiger partial charge in [-0.25, -0.2) is 0 Å². The van der Waals surface area contributed by atoms with Gasteiger partial charge in [-0.05, 0) is 6.07 Å². The van der Waals surface area contributed by atoms with Crippen LogP contribution in [-0.2, 0) is 0 Å². The minimum Gasteiger partial charge on any atom is -0.395 e. The van der Waals surface area contributed by atoms with Crippen molar-refractivity contribution in [3.63, 3.8) is 0 Å². The summed E-state index contributed by atoms with van der Waals surface area (Å²) in [5, 5.41) is 33.8. The van der Waals surface area contributed by atoms with Crippen molar-refractivity contribution in [3.05, 3.63) is 28.3 Å². The fourth-order valence-electron chi connectivity index (χ4n) is 1.33. The highest BCUT2D eigenvalue weighted by atomic mass is 16.6. The van der Waals surface area contributed by atoms with Crippen molar-refractivity contribution in [3.8, 4) is 0 Å². The Kier molecular flexibility index (Phi) is 5.18. The predicted octanol–water partition coefficient (Wildman–Crippen LogP) is 0.403. The van der Waals surface area contributed by atoms with Crippen LogP contribution in [-0.4, -0.2) is 41.4 Å². The molecule has 4 N–H and O–H groups in total. The Bertz CT molecular complexity index is 384. The van der Waals surface area contributed by atoms with Crippen LogP contribution < -0.4 is 10.6 Å². The van der Waals surface area contributed by atoms with Crippen LogP contribution in [0.15, 0.2) is 18.2 Å². The summed E-state index contributed by atoms with van der Waals surface area (Å²) < 4.78 is 0. The van der Waals surface area contributed by atoms with Gasteiger partial charge in [0.15, 0.2) is 0 Å². The third kappa shape index (κ3) is 3.89. The van der Waals surface area contributed by atoms with E-state index in [1.165, 1.54) is 12.1 Å². The number of aliphatic hydroxyl groups is 2. The van der Waals surface area contributed by atoms with Gasteiger partial charge in [-0.15, -0.1) is 0 Å². The van der Waals surface area contributed by atoms with Crippen molar-refractivity contribution in [1.29, 1.82) is 0 Å². The molecule has 0 fully saturated rings. The molecule has 0 aromatic heterocycles. The average Bonchev–Trinajstić information content (AvgIpc) is 2.34. The van der Waals surface area contributed by atoms with Gasteiger partial charge in [0.05, 0.1) is 29.5 Å². The van der Waals surface area contributed by atoms with Crippen molar-refractivity contribution in [2.45, 2.75) is 0 Å². The summed E-state index contributed by atoms with van der Waals surface area (Å²) >= 11 is 0. The third-order valence-corrected chi connectivity index (χ3v) is 2.07. The van der Waals surface area contributed by atoms with E-state index in [2.05, 4.69) is 10.6 Å². The van der Waals surface area contributed by atoms with Crippen molar-refractivity contribution in [1.82, 2.24) is 0 Å². The molecule has 1 aromatic carbocycles. The van der Waals surface area contributed by atoms with Gasteiger partial charge in [-0.2, -0.15) is 0 Å². The van der Waals surface area contributed by atoms with Crippen molar-refractivity contribution in [2.24, 2.45) is 0 Å². The molecular formula is C10H15N3O4. The average molecular weight is 241 g/mol. The second-order valence-corrected chi connectivity index (χ2v) is 3.29. The van der Waals surface area contributed by atoms with E-state index in [0.29, 0.717) is 24.5 Å². The zero-order valence-corrected chi connectivity index (χ0v) is 9.22. The topological polar surface area (TPSA) is 108 Å². The Labute approximate surface area is 98.2 Å². The van der Waals surface area contributed by atoms with E-state index in [1.54, 1.807) is 6.07 Å². The van der Waals surface area contributed by atoms with E-state index >= 15 is 0 Å². The largest absolute Gasteiger partial charge is 0.395 e. The lowest BCUT2D eigenvalue weighted by molar-refractivity contribution is -0.384. The highest BCUT2D eigenvalue weighted by Gasteiger charge is 2.10. The lowest BCUT2D eigenvalue weighted by Gasteiger charge is -2.12. The summed E-state index contributed by atoms with van der Waals surface area (Å²) in [6, 6.07) is 4.33. The van der Waals surface area contributed by atoms with Gasteiger partial charge in [-0.1, -0.05) is 0 Å². The van der Waals surface area contributed by atoms with E-state index < -0.39 is 4.92 Å². The number of hydrogen-bond donors (Lipinski definition) is 4. The number of non-ortho nitro benzene ring substituents is 1. The molecule has 17 heavy (non-hydrogen) atoms. The molecule has 0 saturated carbocycles. The quantitative estimate of drug-likeness (QED) is 0.406. The molecule has 0 unspecified atom stereocenters. The molecule has 0 spiro atoms. The molecule has 0 aliphatic heterocycles. The lowest BCUT2D eigenvalue weighted by Crippen LogP contribution is -2.11. The van der Waals surface area contributed by atoms with Crippen LogP contribution in [0, 0.1) is 10.1 Å². The Morgan fingerprint density at radius 3 is 2.24 bits per heavy atom. The van der Waals surface area contributed by atoms with E-state index in [-0.39, 0.29) is 18.9 Å². The number of aliphatic hydroxyl groups excluding tert-OH is 2. The molecule has 1 aromatic rings. The molecule has 0 amide bonds. The first kappa shape index (κ1) is 13.2. The van der Waals surface area contributed by atoms with Crippen LogP contribution in [0.3, 0.4) is 0 Å². The SMILES string of the molecule is O=[N+]([O-])c1ccc(NCCO)c(NCCO)c1. The lowest BCUT2D eigenvalue weighted by atomic mass is 10.2. The summed E-state index contributed by atoms with van der Waals surface area (Å²) in [4.78, 5) is 10.1. The first-order valence-corrected chi connectivity index (χ1v) is 5.17. The Hall–Kier alpha value is -1.86. The molecule has 1 rings (SSSR count). The number of benzene rings is 1. The maximum atomic E-state index is 10.6. The van der Waals surface area contributed by atoms with Crippen LogP contribution >= 0.6 is 0 Å². The van der Waals surface area contributed by atoms with Crippen LogP contribution in [0.5, 0.6) is 0 Å². The molecule has 0 heterocycles. The van der Waals surface area contributed by atoms with Crippen LogP contribution in [0.2, 0.25) is 0 Å². The zero-order chi connectivity index (χ0) is 12.7. The van der Waals surface area contributed by atoms with Gasteiger partial charge in [-0.3, -0.25) is 10.1 Å². The molecule has 7 heteroatoms. The van der Waals surface area contributed by atoms with Crippen molar-refractivity contribution in [2.75, 3.05) is 36.9 Å². The minimum absolute atomic E-state index is 0.0278. The fourth-order valence-corrected chi connectivity index (χ4v) is 1.33. The highest BCUT2D eigenvalue weighted by molar-refractivity contribution is 5.71. The number of nitro benzene ring substituents is 1. The highest BCUT2D eigenvalue weighted by Crippen LogP contribution is 2.26. The van der Waals surface area contributed by atoms with E-state index in [9.17, 15) is 10.1 Å². The molecule has 0 aliphatic carbocycles. The number of nitrogens with one attached hydrogen (secondary N) is 2. The fraction of sp³-hybridized carbons (Fsp3) is 0.400. The van der Waals surface area contributed by atoms with Crippen LogP contribution in [0.1, 0.15) is 0 Å². The van der Waals surface area contributed by atoms with Crippen molar-refractivity contribution < 1.29 is 15.1 Å². The molecule has 7 nitrogen and oxygen atoms in total. The molecule has 0 atom stereocenters. The van der Waals surface area contributed by atoms with E-state index in [1.807, 2.05) is 0 Å². The molecule has 0 aliphatic rings. The Morgan fingerprint density at radius 1 is 1.12 bits per heavy atom. The number of rotatable bonds is 7. The number of nitrogens with zero attached hydrogens (tertiary/aromatic N) is 1. The maximum Gasteiger partial charge on any atom is 0.271 e. The molecular weight excluding hydrogens is 226 g/mol. The van der Waals surface area contributed by atoms with Gasteiger partial charge in [0, 0.05) is 25.2 Å². The summed E-state index contributed by atoms with van der Waals surface area (Å²) in [6.45, 7) is 0.555. The maximum absolute atomic E-state index is 10.6. The molecule has 0 saturated heterocycles. The Morgan fingerprint density at radius 2 is 1.71 bits per heavy atom. The normalized spacial score (nSPS) is 10.0. The van der Waals surface area contributed by atoms with Gasteiger partial charge in [0.2, 0.25) is 0 Å². The first-order chi connectivity index (χ1) is 8.19. The first-order valence-electron chi connectivity index (χ1n) is 5.17. The van der Waals surface area contributed by atoms with Gasteiger partial charge in [0.25, 0.3) is 5.69 Å². The molecule has 94 valence electrons.